The van der Waals surface area contributed by atoms with Gasteiger partial charge < -0.3 is 19.1 Å². The van der Waals surface area contributed by atoms with E-state index in [4.69, 9.17) is 4.74 Å². The summed E-state index contributed by atoms with van der Waals surface area (Å²) in [5.41, 5.74) is -1.86. The van der Waals surface area contributed by atoms with E-state index in [-0.39, 0.29) is 17.7 Å². The van der Waals surface area contributed by atoms with Gasteiger partial charge in [-0.1, -0.05) is 17.3 Å². The van der Waals surface area contributed by atoms with Crippen molar-refractivity contribution in [3.05, 3.63) is 70.0 Å². The summed E-state index contributed by atoms with van der Waals surface area (Å²) in [5.74, 6) is -2.08. The number of amides is 1. The zero-order valence-electron chi connectivity index (χ0n) is 16.6. The minimum absolute atomic E-state index is 0.0302. The van der Waals surface area contributed by atoms with Crippen molar-refractivity contribution in [2.75, 3.05) is 7.05 Å². The maximum Gasteiger partial charge on any atom is 0.471 e. The molecule has 8 nitrogen and oxygen atoms in total. The number of hydrogen-bond acceptors (Lipinski definition) is 6. The monoisotopic (exact) mass is 476 g/mol. The normalized spacial score (nSPS) is 12.9. The van der Waals surface area contributed by atoms with Gasteiger partial charge in [0.2, 0.25) is 5.82 Å². The van der Waals surface area contributed by atoms with Crippen LogP contribution in [0.1, 0.15) is 23.1 Å². The largest absolute Gasteiger partial charge is 0.471 e. The molecule has 1 atom stereocenters. The number of benzene rings is 1. The van der Waals surface area contributed by atoms with Crippen molar-refractivity contribution >= 4 is 6.09 Å². The summed E-state index contributed by atoms with van der Waals surface area (Å²) in [6.45, 7) is -0.381. The zero-order valence-corrected chi connectivity index (χ0v) is 16.6. The third-order valence-corrected chi connectivity index (χ3v) is 4.32. The van der Waals surface area contributed by atoms with Gasteiger partial charge in [-0.05, 0) is 23.8 Å². The van der Waals surface area contributed by atoms with E-state index in [0.717, 1.165) is 35.0 Å². The quantitative estimate of drug-likeness (QED) is 0.559. The highest BCUT2D eigenvalue weighted by atomic mass is 19.4. The molecule has 0 spiro atoms. The van der Waals surface area contributed by atoms with Gasteiger partial charge in [0.25, 0.3) is 5.56 Å². The van der Waals surface area contributed by atoms with Crippen LogP contribution in [0.3, 0.4) is 0 Å². The van der Waals surface area contributed by atoms with Crippen LogP contribution in [0.15, 0.2) is 51.9 Å². The second-order valence-electron chi connectivity index (χ2n) is 6.59. The van der Waals surface area contributed by atoms with Crippen LogP contribution in [-0.4, -0.2) is 27.8 Å². The van der Waals surface area contributed by atoms with Crippen LogP contribution in [0.25, 0.3) is 11.4 Å². The van der Waals surface area contributed by atoms with Crippen LogP contribution in [0, 0.1) is 0 Å². The maximum absolute atomic E-state index is 13.1. The summed E-state index contributed by atoms with van der Waals surface area (Å²) >= 11 is 0. The van der Waals surface area contributed by atoms with E-state index in [9.17, 15) is 35.9 Å². The highest BCUT2D eigenvalue weighted by molar-refractivity contribution is 5.67. The van der Waals surface area contributed by atoms with Crippen LogP contribution in [-0.2, 0) is 23.6 Å². The van der Waals surface area contributed by atoms with E-state index in [0.29, 0.717) is 0 Å². The van der Waals surface area contributed by atoms with E-state index < -0.39 is 47.4 Å². The molecule has 0 saturated heterocycles. The van der Waals surface area contributed by atoms with Crippen molar-refractivity contribution < 1.29 is 40.4 Å². The Morgan fingerprint density at radius 2 is 1.88 bits per heavy atom. The molecule has 3 aromatic rings. The van der Waals surface area contributed by atoms with Crippen molar-refractivity contribution in [3.8, 4) is 11.4 Å². The van der Waals surface area contributed by atoms with Crippen molar-refractivity contribution in [2.24, 2.45) is 0 Å². The van der Waals surface area contributed by atoms with Crippen molar-refractivity contribution in [2.45, 2.75) is 25.0 Å². The Balaban J connectivity index is 1.91. The third kappa shape index (κ3) is 5.70. The van der Waals surface area contributed by atoms with E-state index in [1.54, 1.807) is 0 Å². The van der Waals surface area contributed by atoms with Crippen molar-refractivity contribution in [3.63, 3.8) is 0 Å². The highest BCUT2D eigenvalue weighted by Gasteiger charge is 2.38. The van der Waals surface area contributed by atoms with Crippen LogP contribution >= 0.6 is 0 Å². The van der Waals surface area contributed by atoms with Crippen molar-refractivity contribution in [1.29, 1.82) is 0 Å². The van der Waals surface area contributed by atoms with Gasteiger partial charge in [0.05, 0.1) is 12.1 Å². The minimum Gasteiger partial charge on any atom is -0.439 e. The molecular formula is C19H14F6N4O4. The highest BCUT2D eigenvalue weighted by Crippen LogP contribution is 2.32. The van der Waals surface area contributed by atoms with Crippen LogP contribution in [0.5, 0.6) is 0 Å². The topological polar surface area (TPSA) is 99.2 Å². The number of rotatable bonds is 5. The number of aromatic nitrogens is 3. The van der Waals surface area contributed by atoms with E-state index >= 15 is 0 Å². The lowest BCUT2D eigenvalue weighted by Gasteiger charge is -2.20. The molecule has 0 saturated carbocycles. The van der Waals surface area contributed by atoms with E-state index in [1.807, 2.05) is 0 Å². The molecule has 1 aromatic carbocycles. The lowest BCUT2D eigenvalue weighted by atomic mass is 10.1. The first-order valence-corrected chi connectivity index (χ1v) is 9.06. The van der Waals surface area contributed by atoms with E-state index in [1.165, 1.54) is 19.2 Å². The molecule has 33 heavy (non-hydrogen) atoms. The molecule has 0 aliphatic carbocycles. The third-order valence-electron chi connectivity index (χ3n) is 4.32. The fraction of sp³-hybridized carbons (Fsp3) is 0.263. The summed E-state index contributed by atoms with van der Waals surface area (Å²) in [6, 6.07) is 6.15. The first kappa shape index (κ1) is 23.8. The maximum atomic E-state index is 13.1. The van der Waals surface area contributed by atoms with E-state index in [2.05, 4.69) is 20.0 Å². The molecule has 2 aromatic heterocycles. The summed E-state index contributed by atoms with van der Waals surface area (Å²) < 4.78 is 87.3. The zero-order chi connectivity index (χ0) is 24.4. The Morgan fingerprint density at radius 1 is 1.15 bits per heavy atom. The SMILES string of the molecule is CNC(=O)OC(Cn1ccc(-c2noc(C(F)(F)F)n2)cc1=O)c1cccc(C(F)(F)F)c1. The second-order valence-corrected chi connectivity index (χ2v) is 6.59. The van der Waals surface area contributed by atoms with Gasteiger partial charge in [0.1, 0.15) is 6.10 Å². The summed E-state index contributed by atoms with van der Waals surface area (Å²) in [4.78, 5) is 27.4. The molecule has 0 aliphatic rings. The average molecular weight is 476 g/mol. The smallest absolute Gasteiger partial charge is 0.439 e. The molecule has 1 unspecified atom stereocenters. The molecular weight excluding hydrogens is 462 g/mol. The fourth-order valence-electron chi connectivity index (χ4n) is 2.75. The van der Waals surface area contributed by atoms with Gasteiger partial charge in [-0.15, -0.1) is 0 Å². The fourth-order valence-corrected chi connectivity index (χ4v) is 2.75. The number of pyridine rings is 1. The predicted octanol–water partition coefficient (Wildman–Crippen LogP) is 4.03. The summed E-state index contributed by atoms with van der Waals surface area (Å²) in [6.07, 6.45) is -10.6. The number of nitrogens with one attached hydrogen (secondary N) is 1. The first-order valence-electron chi connectivity index (χ1n) is 9.06. The van der Waals surface area contributed by atoms with Crippen LogP contribution in [0.2, 0.25) is 0 Å². The van der Waals surface area contributed by atoms with Crippen molar-refractivity contribution in [1.82, 2.24) is 20.0 Å². The molecule has 0 radical (unpaired) electrons. The molecule has 1 N–H and O–H groups in total. The number of hydrogen-bond donors (Lipinski definition) is 1. The Labute approximate surface area is 180 Å². The number of carbonyl (C=O) groups excluding carboxylic acids is 1. The van der Waals surface area contributed by atoms with Gasteiger partial charge >= 0.3 is 24.3 Å². The summed E-state index contributed by atoms with van der Waals surface area (Å²) in [7, 11) is 1.24. The Bertz CT molecular complexity index is 1200. The van der Waals surface area contributed by atoms with Gasteiger partial charge in [-0.3, -0.25) is 4.79 Å². The Hall–Kier alpha value is -3.84. The standard InChI is InChI=1S/C19H14F6N4O4/c1-26-17(31)32-13(10-3-2-4-12(7-10)18(20,21)22)9-29-6-5-11(8-14(29)30)15-27-16(33-28-15)19(23,24)25/h2-8,13H,9H2,1H3,(H,26,31). The second kappa shape index (κ2) is 8.96. The number of carbonyl (C=O) groups is 1. The van der Waals surface area contributed by atoms with Crippen LogP contribution in [0.4, 0.5) is 31.1 Å². The van der Waals surface area contributed by atoms with Crippen LogP contribution < -0.4 is 10.9 Å². The van der Waals surface area contributed by atoms with Gasteiger partial charge in [0.15, 0.2) is 0 Å². The lowest BCUT2D eigenvalue weighted by Crippen LogP contribution is -2.28. The lowest BCUT2D eigenvalue weighted by molar-refractivity contribution is -0.159. The molecule has 14 heteroatoms. The number of nitrogens with zero attached hydrogens (tertiary/aromatic N) is 3. The molecule has 176 valence electrons. The molecule has 3 rings (SSSR count). The minimum atomic E-state index is -4.87. The summed E-state index contributed by atoms with van der Waals surface area (Å²) in [5, 5.41) is 5.34. The number of alkyl carbamates (subject to hydrolysis) is 1. The predicted molar refractivity (Wildman–Crippen MR) is 98.7 cm³/mol. The molecule has 2 heterocycles. The number of halogens is 6. The number of ether oxygens (including phenoxy) is 1. The van der Waals surface area contributed by atoms with Gasteiger partial charge in [-0.25, -0.2) is 4.79 Å². The number of alkyl halides is 6. The average Bonchev–Trinajstić information content (AvgIpc) is 3.25. The Morgan fingerprint density at radius 3 is 2.45 bits per heavy atom. The molecule has 0 aliphatic heterocycles. The molecule has 0 fully saturated rings. The molecule has 0 bridgehead atoms. The Kier molecular flexibility index (Phi) is 6.46. The van der Waals surface area contributed by atoms with Gasteiger partial charge in [0, 0.05) is 24.9 Å². The molecule has 1 amide bonds. The first-order chi connectivity index (χ1) is 15.4. The van der Waals surface area contributed by atoms with Gasteiger partial charge in [-0.2, -0.15) is 31.3 Å².